The van der Waals surface area contributed by atoms with E-state index in [0.29, 0.717) is 10.0 Å². The highest BCUT2D eigenvalue weighted by Gasteiger charge is 2.14. The zero-order valence-electron chi connectivity index (χ0n) is 17.1. The van der Waals surface area contributed by atoms with E-state index in [1.807, 2.05) is 24.3 Å². The summed E-state index contributed by atoms with van der Waals surface area (Å²) in [4.78, 5) is 35.6. The fraction of sp³-hybridized carbons (Fsp3) is 0.0400. The van der Waals surface area contributed by atoms with Crippen molar-refractivity contribution < 1.29 is 19.6 Å². The van der Waals surface area contributed by atoms with Crippen molar-refractivity contribution >= 4 is 50.2 Å². The Bertz CT molecular complexity index is 1420. The number of carbonyl (C=O) groups is 2. The number of Topliss-reactive ketones (excluding diaryl/α,β-unsaturated/α-hetero) is 1. The Morgan fingerprint density at radius 1 is 1.06 bits per heavy atom. The number of allylic oxidation sites excluding steroid dienone is 1. The number of rotatable bonds is 7. The molecule has 0 radical (unpaired) electrons. The van der Waals surface area contributed by atoms with E-state index in [4.69, 9.17) is 0 Å². The maximum atomic E-state index is 12.8. The van der Waals surface area contributed by atoms with Crippen molar-refractivity contribution in [2.24, 2.45) is 0 Å². The molecule has 1 N–H and O–H groups in total. The van der Waals surface area contributed by atoms with Crippen molar-refractivity contribution in [3.63, 3.8) is 0 Å². The summed E-state index contributed by atoms with van der Waals surface area (Å²) in [6.07, 6.45) is 4.81. The average Bonchev–Trinajstić information content (AvgIpc) is 3.15. The van der Waals surface area contributed by atoms with Gasteiger partial charge in [0, 0.05) is 44.8 Å². The van der Waals surface area contributed by atoms with Gasteiger partial charge in [0.15, 0.2) is 11.6 Å². The molecule has 0 unspecified atom stereocenters. The molecular formula is C25H17BrN2O5. The number of hydrogen-bond acceptors (Lipinski definition) is 5. The molecular weight excluding hydrogens is 488 g/mol. The minimum atomic E-state index is -0.512. The molecule has 0 aliphatic heterocycles. The maximum absolute atomic E-state index is 12.8. The van der Waals surface area contributed by atoms with E-state index in [1.165, 1.54) is 42.5 Å². The molecule has 0 spiro atoms. The first-order valence-corrected chi connectivity index (χ1v) is 10.7. The third kappa shape index (κ3) is 4.75. The summed E-state index contributed by atoms with van der Waals surface area (Å²) in [5.41, 5.74) is 2.04. The van der Waals surface area contributed by atoms with E-state index in [9.17, 15) is 24.8 Å². The van der Waals surface area contributed by atoms with Gasteiger partial charge in [0.25, 0.3) is 5.69 Å². The van der Waals surface area contributed by atoms with E-state index in [-0.39, 0.29) is 35.1 Å². The van der Waals surface area contributed by atoms with Crippen LogP contribution in [0.3, 0.4) is 0 Å². The summed E-state index contributed by atoms with van der Waals surface area (Å²) >= 11 is 3.25. The highest BCUT2D eigenvalue weighted by molar-refractivity contribution is 9.10. The van der Waals surface area contributed by atoms with Gasteiger partial charge in [0.05, 0.1) is 17.0 Å². The SMILES string of the molecule is O=C(Cn1cc(/C=C/C(=O)c2ccc(Br)cc2O)c2ccccc21)c1ccc([N+](=O)[O-])cc1. The Labute approximate surface area is 196 Å². The van der Waals surface area contributed by atoms with Crippen LogP contribution in [-0.2, 0) is 6.54 Å². The lowest BCUT2D eigenvalue weighted by atomic mass is 10.1. The number of nitro groups is 1. The number of phenols is 1. The zero-order valence-corrected chi connectivity index (χ0v) is 18.7. The molecule has 33 heavy (non-hydrogen) atoms. The van der Waals surface area contributed by atoms with Crippen LogP contribution in [0.25, 0.3) is 17.0 Å². The lowest BCUT2D eigenvalue weighted by Gasteiger charge is -2.05. The van der Waals surface area contributed by atoms with Crippen LogP contribution < -0.4 is 0 Å². The summed E-state index contributed by atoms with van der Waals surface area (Å²) in [6, 6.07) is 17.6. The van der Waals surface area contributed by atoms with Gasteiger partial charge in [0.2, 0.25) is 0 Å². The van der Waals surface area contributed by atoms with Crippen molar-refractivity contribution in [2.75, 3.05) is 0 Å². The van der Waals surface area contributed by atoms with Crippen LogP contribution in [0.15, 0.2) is 83.5 Å². The zero-order chi connectivity index (χ0) is 23.5. The van der Waals surface area contributed by atoms with Gasteiger partial charge in [-0.15, -0.1) is 0 Å². The Morgan fingerprint density at radius 3 is 2.48 bits per heavy atom. The molecule has 7 nitrogen and oxygen atoms in total. The molecule has 4 aromatic rings. The minimum absolute atomic E-state index is 0.0353. The highest BCUT2D eigenvalue weighted by atomic mass is 79.9. The number of hydrogen-bond donors (Lipinski definition) is 1. The Morgan fingerprint density at radius 2 is 1.79 bits per heavy atom. The lowest BCUT2D eigenvalue weighted by molar-refractivity contribution is -0.384. The predicted molar refractivity (Wildman–Crippen MR) is 129 cm³/mol. The Balaban J connectivity index is 1.61. The number of nitrogens with zero attached hydrogens (tertiary/aromatic N) is 2. The molecule has 0 saturated carbocycles. The molecule has 0 saturated heterocycles. The first kappa shape index (κ1) is 22.2. The molecule has 164 valence electrons. The molecule has 1 aromatic heterocycles. The minimum Gasteiger partial charge on any atom is -0.507 e. The van der Waals surface area contributed by atoms with Gasteiger partial charge >= 0.3 is 0 Å². The largest absolute Gasteiger partial charge is 0.507 e. The molecule has 8 heteroatoms. The van der Waals surface area contributed by atoms with Gasteiger partial charge < -0.3 is 9.67 Å². The number of para-hydroxylation sites is 1. The molecule has 0 bridgehead atoms. The van der Waals surface area contributed by atoms with Gasteiger partial charge in [-0.1, -0.05) is 34.1 Å². The number of aromatic nitrogens is 1. The number of non-ortho nitro benzene ring substituents is 1. The molecule has 1 heterocycles. The normalized spacial score (nSPS) is 11.2. The highest BCUT2D eigenvalue weighted by Crippen LogP contribution is 2.26. The maximum Gasteiger partial charge on any atom is 0.269 e. The topological polar surface area (TPSA) is 102 Å². The van der Waals surface area contributed by atoms with E-state index >= 15 is 0 Å². The van der Waals surface area contributed by atoms with Crippen LogP contribution in [0.5, 0.6) is 5.75 Å². The third-order valence-electron chi connectivity index (χ3n) is 5.17. The van der Waals surface area contributed by atoms with Crippen molar-refractivity contribution in [2.45, 2.75) is 6.54 Å². The fourth-order valence-electron chi connectivity index (χ4n) is 3.52. The summed E-state index contributed by atoms with van der Waals surface area (Å²) < 4.78 is 2.45. The predicted octanol–water partition coefficient (Wildman–Crippen LogP) is 5.80. The summed E-state index contributed by atoms with van der Waals surface area (Å²) in [5, 5.41) is 21.7. The smallest absolute Gasteiger partial charge is 0.269 e. The molecule has 0 amide bonds. The number of aromatic hydroxyl groups is 1. The number of halogens is 1. The number of nitro benzene ring substituents is 1. The van der Waals surface area contributed by atoms with Gasteiger partial charge in [-0.25, -0.2) is 0 Å². The summed E-state index contributed by atoms with van der Waals surface area (Å²) in [7, 11) is 0. The van der Waals surface area contributed by atoms with Gasteiger partial charge in [-0.2, -0.15) is 0 Å². The fourth-order valence-corrected chi connectivity index (χ4v) is 3.87. The first-order valence-electron chi connectivity index (χ1n) is 9.90. The monoisotopic (exact) mass is 504 g/mol. The number of carbonyl (C=O) groups excluding carboxylic acids is 2. The van der Waals surface area contributed by atoms with Crippen LogP contribution in [-0.4, -0.2) is 26.2 Å². The second kappa shape index (κ2) is 9.22. The van der Waals surface area contributed by atoms with Gasteiger partial charge in [0.1, 0.15) is 5.75 Å². The van der Waals surface area contributed by atoms with Gasteiger partial charge in [-0.3, -0.25) is 19.7 Å². The van der Waals surface area contributed by atoms with Crippen LogP contribution in [0, 0.1) is 10.1 Å². The molecule has 0 fully saturated rings. The molecule has 4 rings (SSSR count). The van der Waals surface area contributed by atoms with Crippen LogP contribution in [0.1, 0.15) is 26.3 Å². The molecule has 0 aliphatic rings. The Kier molecular flexibility index (Phi) is 6.19. The van der Waals surface area contributed by atoms with E-state index < -0.39 is 4.92 Å². The number of ketones is 2. The van der Waals surface area contributed by atoms with E-state index in [1.54, 1.807) is 22.9 Å². The van der Waals surface area contributed by atoms with Crippen LogP contribution in [0.2, 0.25) is 0 Å². The van der Waals surface area contributed by atoms with Crippen molar-refractivity contribution in [1.29, 1.82) is 0 Å². The van der Waals surface area contributed by atoms with Crippen molar-refractivity contribution in [3.8, 4) is 5.75 Å². The van der Waals surface area contributed by atoms with Gasteiger partial charge in [-0.05, 0) is 48.6 Å². The van der Waals surface area contributed by atoms with Crippen LogP contribution in [0.4, 0.5) is 5.69 Å². The third-order valence-corrected chi connectivity index (χ3v) is 5.67. The number of fused-ring (bicyclic) bond motifs is 1. The quantitative estimate of drug-likeness (QED) is 0.148. The average molecular weight is 505 g/mol. The molecule has 0 aliphatic carbocycles. The van der Waals surface area contributed by atoms with Crippen molar-refractivity contribution in [1.82, 2.24) is 4.57 Å². The summed E-state index contributed by atoms with van der Waals surface area (Å²) in [5.74, 6) is -0.661. The second-order valence-corrected chi connectivity index (χ2v) is 8.23. The van der Waals surface area contributed by atoms with Crippen LogP contribution >= 0.6 is 15.9 Å². The molecule has 3 aromatic carbocycles. The lowest BCUT2D eigenvalue weighted by Crippen LogP contribution is -2.09. The number of phenolic OH excluding ortho intramolecular Hbond substituents is 1. The Hall–Kier alpha value is -4.04. The molecule has 0 atom stereocenters. The van der Waals surface area contributed by atoms with Crippen molar-refractivity contribution in [3.05, 3.63) is 110 Å². The van der Waals surface area contributed by atoms with E-state index in [2.05, 4.69) is 15.9 Å². The standard InChI is InChI=1S/C25H17BrN2O5/c26-18-8-11-21(24(30)13-18)23(29)12-7-17-14-27(22-4-2-1-3-20(17)22)15-25(31)16-5-9-19(10-6-16)28(32)33/h1-14,30H,15H2/b12-7+. The van der Waals surface area contributed by atoms with E-state index in [0.717, 1.165) is 16.5 Å². The first-order chi connectivity index (χ1) is 15.8. The summed E-state index contributed by atoms with van der Waals surface area (Å²) in [6.45, 7) is 0.0353. The second-order valence-electron chi connectivity index (χ2n) is 7.32. The number of benzene rings is 3.